The molecule has 0 aliphatic carbocycles. The SMILES string of the molecule is CCC[C@@H](CO)NC1c2nc(Cl)c(F)cc2N=C(N)N1C. The number of aliphatic hydroxyl groups excluding tert-OH is 1. The molecule has 0 saturated heterocycles. The van der Waals surface area contributed by atoms with Gasteiger partial charge in [-0.15, -0.1) is 0 Å². The normalized spacial score (nSPS) is 19.2. The van der Waals surface area contributed by atoms with Crippen molar-refractivity contribution in [1.82, 2.24) is 15.2 Å². The monoisotopic (exact) mass is 315 g/mol. The molecular formula is C13H19ClFN5O. The highest BCUT2D eigenvalue weighted by atomic mass is 35.5. The molecular weight excluding hydrogens is 297 g/mol. The molecule has 8 heteroatoms. The molecule has 2 rings (SSSR count). The summed E-state index contributed by atoms with van der Waals surface area (Å²) in [6, 6.07) is 1.10. The number of aliphatic hydroxyl groups is 1. The van der Waals surface area contributed by atoms with Gasteiger partial charge in [0.2, 0.25) is 0 Å². The molecule has 21 heavy (non-hydrogen) atoms. The van der Waals surface area contributed by atoms with Gasteiger partial charge in [0.15, 0.2) is 16.9 Å². The highest BCUT2D eigenvalue weighted by Gasteiger charge is 2.30. The maximum Gasteiger partial charge on any atom is 0.197 e. The molecule has 1 aromatic heterocycles. The van der Waals surface area contributed by atoms with E-state index >= 15 is 0 Å². The molecule has 2 heterocycles. The topological polar surface area (TPSA) is 86.8 Å². The van der Waals surface area contributed by atoms with Gasteiger partial charge < -0.3 is 15.7 Å². The molecule has 0 spiro atoms. The number of nitrogens with one attached hydrogen (secondary N) is 1. The molecule has 1 aliphatic heterocycles. The summed E-state index contributed by atoms with van der Waals surface area (Å²) in [6.07, 6.45) is 1.30. The van der Waals surface area contributed by atoms with Crippen LogP contribution in [-0.4, -0.2) is 40.6 Å². The lowest BCUT2D eigenvalue weighted by Crippen LogP contribution is -2.49. The van der Waals surface area contributed by atoms with Crippen molar-refractivity contribution in [1.29, 1.82) is 0 Å². The molecule has 1 unspecified atom stereocenters. The Morgan fingerprint density at radius 3 is 2.95 bits per heavy atom. The number of halogens is 2. The van der Waals surface area contributed by atoms with E-state index in [-0.39, 0.29) is 23.8 Å². The first-order valence-electron chi connectivity index (χ1n) is 6.77. The fourth-order valence-electron chi connectivity index (χ4n) is 2.27. The van der Waals surface area contributed by atoms with E-state index in [1.54, 1.807) is 11.9 Å². The minimum Gasteiger partial charge on any atom is -0.395 e. The van der Waals surface area contributed by atoms with Crippen LogP contribution in [0.15, 0.2) is 11.1 Å². The molecule has 4 N–H and O–H groups in total. The molecule has 0 amide bonds. The van der Waals surface area contributed by atoms with Crippen LogP contribution in [0.25, 0.3) is 0 Å². The average Bonchev–Trinajstić information content (AvgIpc) is 2.45. The van der Waals surface area contributed by atoms with Crippen LogP contribution in [0.2, 0.25) is 5.15 Å². The minimum atomic E-state index is -0.637. The van der Waals surface area contributed by atoms with Crippen LogP contribution >= 0.6 is 11.6 Å². The number of nitrogens with two attached hydrogens (primary N) is 1. The molecule has 6 nitrogen and oxygen atoms in total. The summed E-state index contributed by atoms with van der Waals surface area (Å²) in [5.74, 6) is -0.390. The predicted molar refractivity (Wildman–Crippen MR) is 79.9 cm³/mol. The minimum absolute atomic E-state index is 0.0144. The number of nitrogens with zero attached hydrogens (tertiary/aromatic N) is 3. The Morgan fingerprint density at radius 2 is 2.33 bits per heavy atom. The fourth-order valence-corrected chi connectivity index (χ4v) is 2.41. The van der Waals surface area contributed by atoms with Gasteiger partial charge in [0.05, 0.1) is 12.3 Å². The summed E-state index contributed by atoms with van der Waals surface area (Å²) < 4.78 is 13.5. The second kappa shape index (κ2) is 6.55. The van der Waals surface area contributed by atoms with E-state index in [0.717, 1.165) is 12.8 Å². The number of hydrogen-bond donors (Lipinski definition) is 3. The fraction of sp³-hybridized carbons (Fsp3) is 0.538. The van der Waals surface area contributed by atoms with E-state index in [9.17, 15) is 9.50 Å². The Hall–Kier alpha value is -1.44. The summed E-state index contributed by atoms with van der Waals surface area (Å²) in [7, 11) is 1.75. The number of pyridine rings is 1. The van der Waals surface area contributed by atoms with E-state index in [1.165, 1.54) is 6.07 Å². The Labute approximate surface area is 127 Å². The number of rotatable bonds is 5. The molecule has 0 fully saturated rings. The number of guanidine groups is 1. The van der Waals surface area contributed by atoms with Crippen molar-refractivity contribution < 1.29 is 9.50 Å². The number of hydrogen-bond acceptors (Lipinski definition) is 6. The second-order valence-corrected chi connectivity index (χ2v) is 5.34. The van der Waals surface area contributed by atoms with Crippen molar-refractivity contribution in [3.05, 3.63) is 22.7 Å². The third-order valence-electron chi connectivity index (χ3n) is 3.44. The van der Waals surface area contributed by atoms with Gasteiger partial charge in [0, 0.05) is 19.2 Å². The van der Waals surface area contributed by atoms with Crippen molar-refractivity contribution in [2.24, 2.45) is 10.7 Å². The number of aliphatic imine (C=N–C) groups is 1. The lowest BCUT2D eigenvalue weighted by Gasteiger charge is -2.35. The first kappa shape index (κ1) is 15.9. The third-order valence-corrected chi connectivity index (χ3v) is 3.70. The van der Waals surface area contributed by atoms with Crippen LogP contribution in [0.3, 0.4) is 0 Å². The third kappa shape index (κ3) is 3.25. The van der Waals surface area contributed by atoms with Crippen LogP contribution in [0.4, 0.5) is 10.1 Å². The number of aromatic nitrogens is 1. The van der Waals surface area contributed by atoms with Crippen molar-refractivity contribution in [3.8, 4) is 0 Å². The Balaban J connectivity index is 2.37. The van der Waals surface area contributed by atoms with E-state index in [1.807, 2.05) is 6.92 Å². The zero-order valence-corrected chi connectivity index (χ0v) is 12.7. The summed E-state index contributed by atoms with van der Waals surface area (Å²) in [6.45, 7) is 2.02. The Morgan fingerprint density at radius 1 is 1.62 bits per heavy atom. The van der Waals surface area contributed by atoms with Gasteiger partial charge in [-0.05, 0) is 6.42 Å². The summed E-state index contributed by atoms with van der Waals surface area (Å²) in [5.41, 5.74) is 6.69. The van der Waals surface area contributed by atoms with Gasteiger partial charge in [-0.3, -0.25) is 5.32 Å². The smallest absolute Gasteiger partial charge is 0.197 e. The summed E-state index contributed by atoms with van der Waals surface area (Å²) in [4.78, 5) is 9.87. The van der Waals surface area contributed by atoms with Gasteiger partial charge >= 0.3 is 0 Å². The van der Waals surface area contributed by atoms with Crippen molar-refractivity contribution in [3.63, 3.8) is 0 Å². The van der Waals surface area contributed by atoms with Crippen LogP contribution in [0, 0.1) is 5.82 Å². The largest absolute Gasteiger partial charge is 0.395 e. The van der Waals surface area contributed by atoms with E-state index < -0.39 is 12.0 Å². The van der Waals surface area contributed by atoms with E-state index in [0.29, 0.717) is 11.4 Å². The van der Waals surface area contributed by atoms with Gasteiger partial charge in [0.25, 0.3) is 0 Å². The zero-order valence-electron chi connectivity index (χ0n) is 12.0. The second-order valence-electron chi connectivity index (χ2n) is 4.98. The summed E-state index contributed by atoms with van der Waals surface area (Å²) in [5, 5.41) is 12.5. The van der Waals surface area contributed by atoms with Crippen LogP contribution in [-0.2, 0) is 0 Å². The van der Waals surface area contributed by atoms with Crippen LogP contribution in [0.1, 0.15) is 31.6 Å². The predicted octanol–water partition coefficient (Wildman–Crippen LogP) is 1.51. The Bertz CT molecular complexity index is 554. The number of fused-ring (bicyclic) bond motifs is 1. The van der Waals surface area contributed by atoms with Crippen molar-refractivity contribution >= 4 is 23.2 Å². The van der Waals surface area contributed by atoms with Crippen molar-refractivity contribution in [2.45, 2.75) is 32.0 Å². The maximum absolute atomic E-state index is 13.5. The Kier molecular flexibility index (Phi) is 4.97. The van der Waals surface area contributed by atoms with Gasteiger partial charge in [-0.25, -0.2) is 14.4 Å². The molecule has 1 aliphatic rings. The van der Waals surface area contributed by atoms with E-state index in [4.69, 9.17) is 17.3 Å². The molecule has 0 aromatic carbocycles. The van der Waals surface area contributed by atoms with Gasteiger partial charge in [-0.2, -0.15) is 0 Å². The first-order valence-corrected chi connectivity index (χ1v) is 7.15. The molecule has 116 valence electrons. The molecule has 0 radical (unpaired) electrons. The highest BCUT2D eigenvalue weighted by Crippen LogP contribution is 2.33. The molecule has 2 atom stereocenters. The molecule has 0 saturated carbocycles. The zero-order chi connectivity index (χ0) is 15.6. The standard InChI is InChI=1S/C13H19ClFN5O/c1-3-4-7(6-21)17-12-10-9(18-13(16)20(12)2)5-8(15)11(14)19-10/h5,7,12,17,21H,3-4,6H2,1-2H3,(H2,16,18)/t7-,12?/m0/s1. The lowest BCUT2D eigenvalue weighted by molar-refractivity contribution is 0.187. The van der Waals surface area contributed by atoms with Crippen LogP contribution in [0.5, 0.6) is 0 Å². The van der Waals surface area contributed by atoms with Crippen molar-refractivity contribution in [2.75, 3.05) is 13.7 Å². The molecule has 1 aromatic rings. The van der Waals surface area contributed by atoms with Gasteiger partial charge in [-0.1, -0.05) is 24.9 Å². The maximum atomic E-state index is 13.5. The summed E-state index contributed by atoms with van der Waals surface area (Å²) >= 11 is 5.77. The molecule has 0 bridgehead atoms. The quantitative estimate of drug-likeness (QED) is 0.717. The van der Waals surface area contributed by atoms with Gasteiger partial charge in [0.1, 0.15) is 11.9 Å². The average molecular weight is 316 g/mol. The highest BCUT2D eigenvalue weighted by molar-refractivity contribution is 6.29. The van der Waals surface area contributed by atoms with Crippen LogP contribution < -0.4 is 11.1 Å². The van der Waals surface area contributed by atoms with E-state index in [2.05, 4.69) is 15.3 Å². The lowest BCUT2D eigenvalue weighted by atomic mass is 10.1. The first-order chi connectivity index (χ1) is 9.97.